The SMILES string of the molecule is O=C(COc1ccccc1)N1CCCC[C@@H]1c1nc(-c2ccc(Cl)c(Cl)c2)n[nH]1. The molecule has 1 amide bonds. The zero-order valence-corrected chi connectivity index (χ0v) is 17.2. The summed E-state index contributed by atoms with van der Waals surface area (Å²) in [5.74, 6) is 1.80. The first-order valence-electron chi connectivity index (χ1n) is 9.47. The van der Waals surface area contributed by atoms with E-state index < -0.39 is 0 Å². The van der Waals surface area contributed by atoms with Crippen molar-refractivity contribution in [3.8, 4) is 17.1 Å². The smallest absolute Gasteiger partial charge is 0.261 e. The Morgan fingerprint density at radius 2 is 1.97 bits per heavy atom. The van der Waals surface area contributed by atoms with Crippen LogP contribution in [0.1, 0.15) is 31.1 Å². The molecule has 0 unspecified atom stereocenters. The minimum atomic E-state index is -0.153. The summed E-state index contributed by atoms with van der Waals surface area (Å²) >= 11 is 12.1. The topological polar surface area (TPSA) is 71.1 Å². The normalized spacial score (nSPS) is 16.6. The maximum atomic E-state index is 12.8. The summed E-state index contributed by atoms with van der Waals surface area (Å²) in [4.78, 5) is 19.3. The van der Waals surface area contributed by atoms with E-state index >= 15 is 0 Å². The highest BCUT2D eigenvalue weighted by atomic mass is 35.5. The molecule has 29 heavy (non-hydrogen) atoms. The van der Waals surface area contributed by atoms with E-state index in [1.54, 1.807) is 12.1 Å². The Hall–Kier alpha value is -2.57. The number of ether oxygens (including phenoxy) is 1. The number of piperidine rings is 1. The zero-order valence-electron chi connectivity index (χ0n) is 15.6. The van der Waals surface area contributed by atoms with E-state index in [0.29, 0.717) is 34.0 Å². The second kappa shape index (κ2) is 8.84. The van der Waals surface area contributed by atoms with Crippen LogP contribution in [0.15, 0.2) is 48.5 Å². The third-order valence-corrected chi connectivity index (χ3v) is 5.66. The van der Waals surface area contributed by atoms with Gasteiger partial charge in [-0.25, -0.2) is 4.98 Å². The van der Waals surface area contributed by atoms with Crippen molar-refractivity contribution in [1.29, 1.82) is 0 Å². The number of aromatic nitrogens is 3. The molecule has 8 heteroatoms. The van der Waals surface area contributed by atoms with Gasteiger partial charge in [0.25, 0.3) is 5.91 Å². The first kappa shape index (κ1) is 19.7. The van der Waals surface area contributed by atoms with Crippen molar-refractivity contribution in [1.82, 2.24) is 20.1 Å². The quantitative estimate of drug-likeness (QED) is 0.623. The maximum Gasteiger partial charge on any atom is 0.261 e. The molecule has 1 fully saturated rings. The first-order chi connectivity index (χ1) is 14.1. The number of hydrogen-bond donors (Lipinski definition) is 1. The standard InChI is InChI=1S/C21H20Cl2N4O2/c22-16-10-9-14(12-17(16)23)20-24-21(26-25-20)18-8-4-5-11-27(18)19(28)13-29-15-6-2-1-3-7-15/h1-3,6-7,9-10,12,18H,4-5,8,11,13H2,(H,24,25,26)/t18-/m1/s1. The van der Waals surface area contributed by atoms with Gasteiger partial charge in [-0.15, -0.1) is 0 Å². The fourth-order valence-corrected chi connectivity index (χ4v) is 3.74. The molecule has 0 spiro atoms. The lowest BCUT2D eigenvalue weighted by Gasteiger charge is -2.34. The van der Waals surface area contributed by atoms with Crippen molar-refractivity contribution in [2.24, 2.45) is 0 Å². The van der Waals surface area contributed by atoms with E-state index in [-0.39, 0.29) is 18.6 Å². The number of benzene rings is 2. The highest BCUT2D eigenvalue weighted by Crippen LogP contribution is 2.31. The highest BCUT2D eigenvalue weighted by Gasteiger charge is 2.30. The lowest BCUT2D eigenvalue weighted by atomic mass is 10.0. The molecule has 1 saturated heterocycles. The molecule has 0 saturated carbocycles. The van der Waals surface area contributed by atoms with E-state index in [1.807, 2.05) is 41.3 Å². The van der Waals surface area contributed by atoms with Crippen LogP contribution >= 0.6 is 23.2 Å². The summed E-state index contributed by atoms with van der Waals surface area (Å²) in [6, 6.07) is 14.4. The van der Waals surface area contributed by atoms with Gasteiger partial charge in [-0.2, -0.15) is 5.10 Å². The number of H-pyrrole nitrogens is 1. The number of carbonyl (C=O) groups excluding carboxylic acids is 1. The third-order valence-electron chi connectivity index (χ3n) is 4.92. The highest BCUT2D eigenvalue weighted by molar-refractivity contribution is 6.42. The molecule has 3 aromatic rings. The Bertz CT molecular complexity index is 993. The summed E-state index contributed by atoms with van der Waals surface area (Å²) in [5, 5.41) is 8.24. The molecule has 0 bridgehead atoms. The van der Waals surface area contributed by atoms with Crippen LogP contribution in [0.5, 0.6) is 5.75 Å². The van der Waals surface area contributed by atoms with Gasteiger partial charge in [0, 0.05) is 12.1 Å². The van der Waals surface area contributed by atoms with Crippen LogP contribution in [0.4, 0.5) is 0 Å². The summed E-state index contributed by atoms with van der Waals surface area (Å²) < 4.78 is 5.64. The van der Waals surface area contributed by atoms with Crippen molar-refractivity contribution in [3.05, 3.63) is 64.4 Å². The predicted molar refractivity (Wildman–Crippen MR) is 112 cm³/mol. The van der Waals surface area contributed by atoms with Crippen LogP contribution in [0, 0.1) is 0 Å². The molecule has 1 aromatic heterocycles. The van der Waals surface area contributed by atoms with Crippen LogP contribution in [-0.4, -0.2) is 39.1 Å². The maximum absolute atomic E-state index is 12.8. The number of halogens is 2. The van der Waals surface area contributed by atoms with Gasteiger partial charge < -0.3 is 9.64 Å². The Balaban J connectivity index is 1.49. The van der Waals surface area contributed by atoms with Crippen molar-refractivity contribution in [2.75, 3.05) is 13.2 Å². The molecule has 1 aliphatic rings. The van der Waals surface area contributed by atoms with Crippen molar-refractivity contribution in [2.45, 2.75) is 25.3 Å². The van der Waals surface area contributed by atoms with Gasteiger partial charge in [0.1, 0.15) is 11.6 Å². The average Bonchev–Trinajstić information content (AvgIpc) is 3.25. The van der Waals surface area contributed by atoms with Gasteiger partial charge in [0.2, 0.25) is 0 Å². The Morgan fingerprint density at radius 1 is 1.14 bits per heavy atom. The van der Waals surface area contributed by atoms with Gasteiger partial charge in [-0.3, -0.25) is 9.89 Å². The fourth-order valence-electron chi connectivity index (χ4n) is 3.45. The Kier molecular flexibility index (Phi) is 6.02. The Labute approximate surface area is 178 Å². The molecular formula is C21H20Cl2N4O2. The van der Waals surface area contributed by atoms with Gasteiger partial charge in [-0.1, -0.05) is 41.4 Å². The van der Waals surface area contributed by atoms with Crippen LogP contribution in [-0.2, 0) is 4.79 Å². The molecule has 2 aromatic carbocycles. The minimum absolute atomic E-state index is 0.00565. The molecule has 1 N–H and O–H groups in total. The van der Waals surface area contributed by atoms with E-state index in [0.717, 1.165) is 24.8 Å². The number of nitrogens with zero attached hydrogens (tertiary/aromatic N) is 3. The Morgan fingerprint density at radius 3 is 2.76 bits per heavy atom. The minimum Gasteiger partial charge on any atom is -0.484 e. The molecule has 2 heterocycles. The molecule has 1 atom stereocenters. The van der Waals surface area contributed by atoms with Crippen LogP contribution in [0.3, 0.4) is 0 Å². The molecule has 0 aliphatic carbocycles. The molecule has 6 nitrogen and oxygen atoms in total. The summed E-state index contributed by atoms with van der Waals surface area (Å²) in [7, 11) is 0. The van der Waals surface area contributed by atoms with Crippen LogP contribution < -0.4 is 4.74 Å². The van der Waals surface area contributed by atoms with Gasteiger partial charge >= 0.3 is 0 Å². The predicted octanol–water partition coefficient (Wildman–Crippen LogP) is 4.91. The van der Waals surface area contributed by atoms with Gasteiger partial charge in [-0.05, 0) is 49.6 Å². The molecule has 150 valence electrons. The van der Waals surface area contributed by atoms with Gasteiger partial charge in [0.15, 0.2) is 12.4 Å². The van der Waals surface area contributed by atoms with E-state index in [2.05, 4.69) is 15.2 Å². The van der Waals surface area contributed by atoms with Crippen LogP contribution in [0.2, 0.25) is 10.0 Å². The zero-order chi connectivity index (χ0) is 20.2. The molecular weight excluding hydrogens is 411 g/mol. The number of rotatable bonds is 5. The summed E-state index contributed by atoms with van der Waals surface area (Å²) in [5.41, 5.74) is 0.767. The summed E-state index contributed by atoms with van der Waals surface area (Å²) in [6.45, 7) is 0.665. The largest absolute Gasteiger partial charge is 0.484 e. The fraction of sp³-hybridized carbons (Fsp3) is 0.286. The molecule has 4 rings (SSSR count). The lowest BCUT2D eigenvalue weighted by Crippen LogP contribution is -2.41. The lowest BCUT2D eigenvalue weighted by molar-refractivity contribution is -0.137. The number of nitrogens with one attached hydrogen (secondary N) is 1. The number of para-hydroxylation sites is 1. The molecule has 1 aliphatic heterocycles. The average molecular weight is 431 g/mol. The van der Waals surface area contributed by atoms with Gasteiger partial charge in [0.05, 0.1) is 16.1 Å². The first-order valence-corrected chi connectivity index (χ1v) is 10.2. The second-order valence-electron chi connectivity index (χ2n) is 6.87. The van der Waals surface area contributed by atoms with E-state index in [4.69, 9.17) is 27.9 Å². The third kappa shape index (κ3) is 4.54. The molecule has 0 radical (unpaired) electrons. The van der Waals surface area contributed by atoms with Crippen LogP contribution in [0.25, 0.3) is 11.4 Å². The van der Waals surface area contributed by atoms with Crippen molar-refractivity contribution in [3.63, 3.8) is 0 Å². The second-order valence-corrected chi connectivity index (χ2v) is 7.69. The monoisotopic (exact) mass is 430 g/mol. The van der Waals surface area contributed by atoms with Crippen molar-refractivity contribution < 1.29 is 9.53 Å². The number of likely N-dealkylation sites (tertiary alicyclic amines) is 1. The van der Waals surface area contributed by atoms with Crippen molar-refractivity contribution >= 4 is 29.1 Å². The number of carbonyl (C=O) groups is 1. The van der Waals surface area contributed by atoms with E-state index in [1.165, 1.54) is 0 Å². The summed E-state index contributed by atoms with van der Waals surface area (Å²) in [6.07, 6.45) is 2.81. The number of aromatic amines is 1. The number of amides is 1. The number of hydrogen-bond acceptors (Lipinski definition) is 4. The van der Waals surface area contributed by atoms with E-state index in [9.17, 15) is 4.79 Å².